The zero-order valence-corrected chi connectivity index (χ0v) is 20.1. The molecule has 1 saturated heterocycles. The van der Waals surface area contributed by atoms with E-state index in [1.54, 1.807) is 11.0 Å². The van der Waals surface area contributed by atoms with Crippen LogP contribution in [0.15, 0.2) is 30.6 Å². The summed E-state index contributed by atoms with van der Waals surface area (Å²) in [7, 11) is 1.44. The van der Waals surface area contributed by atoms with Crippen LogP contribution >= 0.6 is 11.6 Å². The molecule has 1 fully saturated rings. The van der Waals surface area contributed by atoms with Crippen molar-refractivity contribution in [3.8, 4) is 16.9 Å². The first-order valence-corrected chi connectivity index (χ1v) is 11.2. The topological polar surface area (TPSA) is 67.8 Å². The van der Waals surface area contributed by atoms with Crippen LogP contribution in [-0.2, 0) is 4.74 Å². The van der Waals surface area contributed by atoms with Crippen molar-refractivity contribution in [3.63, 3.8) is 0 Å². The van der Waals surface area contributed by atoms with Crippen LogP contribution in [0, 0.1) is 11.6 Å². The van der Waals surface area contributed by atoms with E-state index in [1.165, 1.54) is 19.5 Å². The van der Waals surface area contributed by atoms with E-state index >= 15 is 0 Å². The van der Waals surface area contributed by atoms with Gasteiger partial charge in [0.05, 0.1) is 12.1 Å². The second-order valence-electron chi connectivity index (χ2n) is 8.94. The largest absolute Gasteiger partial charge is 0.494 e. The monoisotopic (exact) mass is 490 g/mol. The Balaban J connectivity index is 1.69. The highest BCUT2D eigenvalue weighted by Gasteiger charge is 2.28. The molecular weight excluding hydrogens is 466 g/mol. The van der Waals surface area contributed by atoms with Gasteiger partial charge in [0.15, 0.2) is 5.75 Å². The van der Waals surface area contributed by atoms with Crippen molar-refractivity contribution in [2.24, 2.45) is 0 Å². The number of hydrogen-bond donors (Lipinski definition) is 0. The van der Waals surface area contributed by atoms with Crippen molar-refractivity contribution in [2.75, 3.05) is 38.2 Å². The summed E-state index contributed by atoms with van der Waals surface area (Å²) in [6, 6.07) is 4.93. The second-order valence-corrected chi connectivity index (χ2v) is 9.35. The molecule has 0 saturated carbocycles. The Bertz CT molecular complexity index is 1240. The number of ether oxygens (including phenoxy) is 2. The highest BCUT2D eigenvalue weighted by atomic mass is 35.5. The second kappa shape index (κ2) is 9.21. The molecular formula is C24H25ClF2N4O3. The maximum Gasteiger partial charge on any atom is 0.410 e. The molecule has 1 amide bonds. The minimum atomic E-state index is -0.757. The van der Waals surface area contributed by atoms with E-state index in [0.29, 0.717) is 42.9 Å². The molecule has 1 aliphatic rings. The van der Waals surface area contributed by atoms with Gasteiger partial charge in [-0.2, -0.15) is 0 Å². The molecule has 180 valence electrons. The number of piperazine rings is 1. The summed E-state index contributed by atoms with van der Waals surface area (Å²) in [6.45, 7) is 7.47. The SMILES string of the molecule is COc1c(-c2ccc(F)cc2F)c(Cl)cc2c(N3CCN(C(=O)OC(C)(C)C)CC3)ncnc12. The van der Waals surface area contributed by atoms with Crippen molar-refractivity contribution in [1.82, 2.24) is 14.9 Å². The summed E-state index contributed by atoms with van der Waals surface area (Å²) in [4.78, 5) is 24.9. The van der Waals surface area contributed by atoms with Crippen LogP contribution < -0.4 is 9.64 Å². The molecule has 0 radical (unpaired) electrons. The van der Waals surface area contributed by atoms with Gasteiger partial charge < -0.3 is 19.3 Å². The van der Waals surface area contributed by atoms with Crippen LogP contribution in [0.25, 0.3) is 22.0 Å². The highest BCUT2D eigenvalue weighted by Crippen LogP contribution is 2.44. The molecule has 2 aromatic carbocycles. The molecule has 1 aliphatic heterocycles. The first-order valence-electron chi connectivity index (χ1n) is 10.8. The van der Waals surface area contributed by atoms with Crippen molar-refractivity contribution in [2.45, 2.75) is 26.4 Å². The van der Waals surface area contributed by atoms with Crippen molar-refractivity contribution < 1.29 is 23.0 Å². The molecule has 2 heterocycles. The number of carbonyl (C=O) groups excluding carboxylic acids is 1. The molecule has 0 aliphatic carbocycles. The fraction of sp³-hybridized carbons (Fsp3) is 0.375. The predicted molar refractivity (Wildman–Crippen MR) is 126 cm³/mol. The lowest BCUT2D eigenvalue weighted by Gasteiger charge is -2.36. The average Bonchev–Trinajstić information content (AvgIpc) is 2.77. The number of nitrogens with zero attached hydrogens (tertiary/aromatic N) is 4. The number of hydrogen-bond acceptors (Lipinski definition) is 6. The van der Waals surface area contributed by atoms with Gasteiger partial charge in [-0.05, 0) is 39.0 Å². The van der Waals surface area contributed by atoms with Crippen LogP contribution in [0.4, 0.5) is 19.4 Å². The molecule has 1 aromatic heterocycles. The lowest BCUT2D eigenvalue weighted by Crippen LogP contribution is -2.50. The number of rotatable bonds is 3. The Labute approximate surface area is 201 Å². The minimum Gasteiger partial charge on any atom is -0.494 e. The summed E-state index contributed by atoms with van der Waals surface area (Å²) < 4.78 is 39.1. The van der Waals surface area contributed by atoms with E-state index in [4.69, 9.17) is 21.1 Å². The first-order chi connectivity index (χ1) is 16.1. The number of anilines is 1. The standard InChI is InChI=1S/C24H25ClF2N4O3/c1-24(2,3)34-23(32)31-9-7-30(8-10-31)22-16-12-17(25)19(15-6-5-14(26)11-18(15)27)21(33-4)20(16)28-13-29-22/h5-6,11-13H,7-10H2,1-4H3. The van der Waals surface area contributed by atoms with Gasteiger partial charge in [-0.3, -0.25) is 0 Å². The van der Waals surface area contributed by atoms with E-state index in [9.17, 15) is 13.6 Å². The normalized spacial score (nSPS) is 14.4. The van der Waals surface area contributed by atoms with E-state index in [-0.39, 0.29) is 28.0 Å². The van der Waals surface area contributed by atoms with E-state index in [0.717, 1.165) is 12.1 Å². The Hall–Kier alpha value is -3.20. The molecule has 0 unspecified atom stereocenters. The zero-order valence-electron chi connectivity index (χ0n) is 19.4. The lowest BCUT2D eigenvalue weighted by molar-refractivity contribution is 0.0240. The van der Waals surface area contributed by atoms with Gasteiger partial charge in [-0.25, -0.2) is 23.5 Å². The van der Waals surface area contributed by atoms with Crippen LogP contribution in [-0.4, -0.2) is 59.9 Å². The number of benzene rings is 2. The van der Waals surface area contributed by atoms with E-state index < -0.39 is 17.2 Å². The predicted octanol–water partition coefficient (Wildman–Crippen LogP) is 5.29. The third-order valence-electron chi connectivity index (χ3n) is 5.45. The number of fused-ring (bicyclic) bond motifs is 1. The quantitative estimate of drug-likeness (QED) is 0.496. The molecule has 3 aromatic rings. The van der Waals surface area contributed by atoms with Crippen molar-refractivity contribution >= 4 is 34.4 Å². The number of aromatic nitrogens is 2. The zero-order chi connectivity index (χ0) is 24.6. The van der Waals surface area contributed by atoms with Gasteiger partial charge in [-0.15, -0.1) is 0 Å². The molecule has 0 atom stereocenters. The maximum atomic E-state index is 14.6. The molecule has 0 bridgehead atoms. The molecule has 10 heteroatoms. The summed E-state index contributed by atoms with van der Waals surface area (Å²) in [5.41, 5.74) is 0.279. The minimum absolute atomic E-state index is 0.108. The molecule has 4 rings (SSSR count). The fourth-order valence-electron chi connectivity index (χ4n) is 3.95. The molecule has 0 N–H and O–H groups in total. The summed E-state index contributed by atoms with van der Waals surface area (Å²) in [5, 5.41) is 0.847. The van der Waals surface area contributed by atoms with Crippen molar-refractivity contribution in [3.05, 3.63) is 47.2 Å². The van der Waals surface area contributed by atoms with Crippen LogP contribution in [0.3, 0.4) is 0 Å². The Morgan fingerprint density at radius 2 is 1.79 bits per heavy atom. The Morgan fingerprint density at radius 3 is 2.41 bits per heavy atom. The summed E-state index contributed by atoms with van der Waals surface area (Å²) >= 11 is 6.59. The van der Waals surface area contributed by atoms with Gasteiger partial charge in [0.2, 0.25) is 0 Å². The maximum absolute atomic E-state index is 14.6. The van der Waals surface area contributed by atoms with Crippen LogP contribution in [0.2, 0.25) is 5.02 Å². The molecule has 0 spiro atoms. The summed E-state index contributed by atoms with van der Waals surface area (Å²) in [6.07, 6.45) is 1.05. The Kier molecular flexibility index (Phi) is 6.49. The molecule has 34 heavy (non-hydrogen) atoms. The smallest absolute Gasteiger partial charge is 0.410 e. The number of halogens is 3. The van der Waals surface area contributed by atoms with E-state index in [1.807, 2.05) is 25.7 Å². The average molecular weight is 491 g/mol. The third kappa shape index (κ3) is 4.70. The van der Waals surface area contributed by atoms with Gasteiger partial charge >= 0.3 is 6.09 Å². The van der Waals surface area contributed by atoms with Crippen LogP contribution in [0.5, 0.6) is 5.75 Å². The Morgan fingerprint density at radius 1 is 1.09 bits per heavy atom. The summed E-state index contributed by atoms with van der Waals surface area (Å²) in [5.74, 6) is -0.552. The number of carbonyl (C=O) groups is 1. The van der Waals surface area contributed by atoms with Crippen LogP contribution in [0.1, 0.15) is 20.8 Å². The number of amides is 1. The highest BCUT2D eigenvalue weighted by molar-refractivity contribution is 6.35. The van der Waals surface area contributed by atoms with Gasteiger partial charge in [0.1, 0.15) is 34.9 Å². The third-order valence-corrected chi connectivity index (χ3v) is 5.75. The fourth-order valence-corrected chi connectivity index (χ4v) is 4.24. The van der Waals surface area contributed by atoms with Gasteiger partial charge in [0, 0.05) is 48.8 Å². The first kappa shape index (κ1) is 23.9. The molecule has 7 nitrogen and oxygen atoms in total. The van der Waals surface area contributed by atoms with Gasteiger partial charge in [-0.1, -0.05) is 11.6 Å². The lowest BCUT2D eigenvalue weighted by atomic mass is 10.0. The van der Waals surface area contributed by atoms with E-state index in [2.05, 4.69) is 9.97 Å². The number of methoxy groups -OCH3 is 1. The van der Waals surface area contributed by atoms with Crippen molar-refractivity contribution in [1.29, 1.82) is 0 Å². The van der Waals surface area contributed by atoms with Gasteiger partial charge in [0.25, 0.3) is 0 Å².